The second-order valence-electron chi connectivity index (χ2n) is 6.35. The molecule has 0 saturated carbocycles. The molecule has 2 heterocycles. The number of hydrogen-bond acceptors (Lipinski definition) is 6. The van der Waals surface area contributed by atoms with Crippen molar-refractivity contribution < 1.29 is 23.9 Å². The van der Waals surface area contributed by atoms with Gasteiger partial charge >= 0.3 is 11.9 Å². The Morgan fingerprint density at radius 3 is 2.73 bits per heavy atom. The Kier molecular flexibility index (Phi) is 5.66. The fourth-order valence-corrected chi connectivity index (χ4v) is 3.42. The number of amides is 1. The predicted molar refractivity (Wildman–Crippen MR) is 95.2 cm³/mol. The third kappa shape index (κ3) is 4.09. The minimum absolute atomic E-state index is 0.00161. The van der Waals surface area contributed by atoms with Gasteiger partial charge < -0.3 is 19.3 Å². The molecule has 1 aromatic rings. The topological polar surface area (TPSA) is 76.2 Å². The minimum atomic E-state index is -0.409. The average molecular weight is 381 g/mol. The molecule has 26 heavy (non-hydrogen) atoms. The van der Waals surface area contributed by atoms with Crippen LogP contribution >= 0.6 is 11.6 Å². The van der Waals surface area contributed by atoms with Gasteiger partial charge in [-0.15, -0.1) is 0 Å². The van der Waals surface area contributed by atoms with Gasteiger partial charge in [0.2, 0.25) is 5.91 Å². The Morgan fingerprint density at radius 1 is 1.31 bits per heavy atom. The zero-order valence-electron chi connectivity index (χ0n) is 14.6. The van der Waals surface area contributed by atoms with Crippen LogP contribution in [0.15, 0.2) is 18.2 Å². The van der Waals surface area contributed by atoms with Gasteiger partial charge in [0.15, 0.2) is 5.75 Å². The Hall–Kier alpha value is -2.28. The molecule has 1 aromatic carbocycles. The summed E-state index contributed by atoms with van der Waals surface area (Å²) in [5, 5.41) is 0.509. The van der Waals surface area contributed by atoms with Crippen molar-refractivity contribution in [3.05, 3.63) is 23.2 Å². The molecule has 0 aliphatic carbocycles. The molecule has 0 atom stereocenters. The summed E-state index contributed by atoms with van der Waals surface area (Å²) in [5.74, 6) is -0.438. The van der Waals surface area contributed by atoms with E-state index >= 15 is 0 Å². The fraction of sp³-hybridized carbons (Fsp3) is 0.500. The Morgan fingerprint density at radius 2 is 2.04 bits per heavy atom. The van der Waals surface area contributed by atoms with E-state index in [1.54, 1.807) is 34.9 Å². The number of hydrogen-bond donors (Lipinski definition) is 0. The summed E-state index contributed by atoms with van der Waals surface area (Å²) in [6, 6.07) is 4.94. The molecular weight excluding hydrogens is 360 g/mol. The number of likely N-dealkylation sites (tertiary alicyclic amines) is 1. The van der Waals surface area contributed by atoms with Gasteiger partial charge in [-0.3, -0.25) is 9.59 Å². The molecule has 3 rings (SSSR count). The number of halogens is 1. The summed E-state index contributed by atoms with van der Waals surface area (Å²) in [5.41, 5.74) is 0.631. The summed E-state index contributed by atoms with van der Waals surface area (Å²) in [7, 11) is 0. The summed E-state index contributed by atoms with van der Waals surface area (Å²) >= 11 is 6.03. The second-order valence-corrected chi connectivity index (χ2v) is 6.79. The number of fused-ring (bicyclic) bond motifs is 1. The predicted octanol–water partition coefficient (Wildman–Crippen LogP) is 1.87. The zero-order valence-corrected chi connectivity index (χ0v) is 15.3. The molecule has 0 aromatic heterocycles. The smallest absolute Gasteiger partial charge is 0.331 e. The van der Waals surface area contributed by atoms with E-state index in [4.69, 9.17) is 21.1 Å². The molecule has 1 fully saturated rings. The SMILES string of the molecule is CCOC(=O)C1CCN(C(=O)CN2CC(=O)Oc3ccc(Cl)cc32)CC1. The van der Waals surface area contributed by atoms with Gasteiger partial charge in [0, 0.05) is 18.1 Å². The standard InChI is InChI=1S/C18H21ClN2O5/c1-2-25-18(24)12-5-7-20(8-6-12)16(22)10-21-11-17(23)26-15-4-3-13(19)9-14(15)21/h3-4,9,12H,2,5-8,10-11H2,1H3. The summed E-state index contributed by atoms with van der Waals surface area (Å²) in [6.45, 7) is 3.21. The molecule has 2 aliphatic heterocycles. The number of nitrogens with zero attached hydrogens (tertiary/aromatic N) is 2. The van der Waals surface area contributed by atoms with Crippen LogP contribution in [0.4, 0.5) is 5.69 Å². The van der Waals surface area contributed by atoms with Gasteiger partial charge in [-0.2, -0.15) is 0 Å². The molecule has 0 N–H and O–H groups in total. The molecule has 0 unspecified atom stereocenters. The Balaban J connectivity index is 1.62. The molecule has 1 amide bonds. The largest absolute Gasteiger partial charge is 0.466 e. The quantitative estimate of drug-likeness (QED) is 0.586. The van der Waals surface area contributed by atoms with E-state index < -0.39 is 5.97 Å². The van der Waals surface area contributed by atoms with Crippen molar-refractivity contribution in [1.82, 2.24) is 4.90 Å². The van der Waals surface area contributed by atoms with E-state index in [1.807, 2.05) is 0 Å². The second kappa shape index (κ2) is 7.95. The highest BCUT2D eigenvalue weighted by atomic mass is 35.5. The highest BCUT2D eigenvalue weighted by Crippen LogP contribution is 2.34. The van der Waals surface area contributed by atoms with E-state index in [0.717, 1.165) is 0 Å². The lowest BCUT2D eigenvalue weighted by atomic mass is 9.97. The summed E-state index contributed by atoms with van der Waals surface area (Å²) in [6.07, 6.45) is 1.18. The highest BCUT2D eigenvalue weighted by Gasteiger charge is 2.31. The molecular formula is C18H21ClN2O5. The van der Waals surface area contributed by atoms with Gasteiger partial charge in [-0.1, -0.05) is 11.6 Å². The Bertz CT molecular complexity index is 716. The van der Waals surface area contributed by atoms with Crippen molar-refractivity contribution in [2.75, 3.05) is 37.7 Å². The first-order valence-electron chi connectivity index (χ1n) is 8.67. The van der Waals surface area contributed by atoms with Crippen LogP contribution in [0.5, 0.6) is 5.75 Å². The van der Waals surface area contributed by atoms with Crippen molar-refractivity contribution in [3.63, 3.8) is 0 Å². The van der Waals surface area contributed by atoms with Crippen LogP contribution < -0.4 is 9.64 Å². The van der Waals surface area contributed by atoms with E-state index in [-0.39, 0.29) is 30.9 Å². The molecule has 8 heteroatoms. The van der Waals surface area contributed by atoms with Crippen molar-refractivity contribution in [1.29, 1.82) is 0 Å². The molecule has 2 aliphatic rings. The van der Waals surface area contributed by atoms with Crippen molar-refractivity contribution >= 4 is 35.1 Å². The number of piperidine rings is 1. The van der Waals surface area contributed by atoms with Crippen molar-refractivity contribution in [2.45, 2.75) is 19.8 Å². The lowest BCUT2D eigenvalue weighted by Gasteiger charge is -2.34. The zero-order chi connectivity index (χ0) is 18.7. The molecule has 7 nitrogen and oxygen atoms in total. The third-order valence-electron chi connectivity index (χ3n) is 4.60. The lowest BCUT2D eigenvalue weighted by Crippen LogP contribution is -2.47. The van der Waals surface area contributed by atoms with Crippen LogP contribution in [0.3, 0.4) is 0 Å². The van der Waals surface area contributed by atoms with Crippen LogP contribution in [0, 0.1) is 5.92 Å². The first-order valence-corrected chi connectivity index (χ1v) is 9.05. The normalized spacial score (nSPS) is 17.5. The molecule has 0 bridgehead atoms. The number of benzene rings is 1. The minimum Gasteiger partial charge on any atom is -0.466 e. The third-order valence-corrected chi connectivity index (χ3v) is 4.83. The summed E-state index contributed by atoms with van der Waals surface area (Å²) in [4.78, 5) is 39.6. The number of carbonyl (C=O) groups excluding carboxylic acids is 3. The van der Waals surface area contributed by atoms with Crippen molar-refractivity contribution in [2.24, 2.45) is 5.92 Å². The number of ether oxygens (including phenoxy) is 2. The number of carbonyl (C=O) groups is 3. The average Bonchev–Trinajstić information content (AvgIpc) is 2.62. The van der Waals surface area contributed by atoms with Crippen LogP contribution in [-0.4, -0.2) is 55.5 Å². The van der Waals surface area contributed by atoms with Crippen LogP contribution in [0.2, 0.25) is 5.02 Å². The maximum absolute atomic E-state index is 12.7. The van der Waals surface area contributed by atoms with Crippen LogP contribution in [-0.2, 0) is 19.1 Å². The lowest BCUT2D eigenvalue weighted by molar-refractivity contribution is -0.151. The van der Waals surface area contributed by atoms with E-state index in [9.17, 15) is 14.4 Å². The van der Waals surface area contributed by atoms with Crippen LogP contribution in [0.25, 0.3) is 0 Å². The van der Waals surface area contributed by atoms with Gasteiger partial charge in [-0.25, -0.2) is 4.79 Å². The van der Waals surface area contributed by atoms with Gasteiger partial charge in [-0.05, 0) is 38.0 Å². The maximum Gasteiger partial charge on any atom is 0.331 e. The van der Waals surface area contributed by atoms with Gasteiger partial charge in [0.1, 0.15) is 6.54 Å². The first kappa shape index (κ1) is 18.5. The maximum atomic E-state index is 12.7. The summed E-state index contributed by atoms with van der Waals surface area (Å²) < 4.78 is 10.2. The highest BCUT2D eigenvalue weighted by molar-refractivity contribution is 6.31. The number of rotatable bonds is 4. The molecule has 140 valence electrons. The van der Waals surface area contributed by atoms with E-state index in [1.165, 1.54) is 0 Å². The van der Waals surface area contributed by atoms with E-state index in [0.29, 0.717) is 49.0 Å². The van der Waals surface area contributed by atoms with Crippen LogP contribution in [0.1, 0.15) is 19.8 Å². The number of esters is 2. The monoisotopic (exact) mass is 380 g/mol. The molecule has 0 radical (unpaired) electrons. The molecule has 0 spiro atoms. The van der Waals surface area contributed by atoms with Crippen molar-refractivity contribution in [3.8, 4) is 5.75 Å². The van der Waals surface area contributed by atoms with Gasteiger partial charge in [0.25, 0.3) is 0 Å². The Labute approximate surface area is 156 Å². The van der Waals surface area contributed by atoms with Gasteiger partial charge in [0.05, 0.1) is 24.8 Å². The molecule has 1 saturated heterocycles. The number of anilines is 1. The van der Waals surface area contributed by atoms with E-state index in [2.05, 4.69) is 0 Å². The fourth-order valence-electron chi connectivity index (χ4n) is 3.25. The first-order chi connectivity index (χ1) is 12.5.